The Balaban J connectivity index is 2.19. The van der Waals surface area contributed by atoms with Crippen LogP contribution in [-0.4, -0.2) is 55.1 Å². The lowest BCUT2D eigenvalue weighted by Crippen LogP contribution is -2.44. The summed E-state index contributed by atoms with van der Waals surface area (Å²) in [5.74, 6) is -1.08. The molecule has 1 aliphatic rings. The topological polar surface area (TPSA) is 88.1 Å². The molecule has 0 aromatic heterocycles. The van der Waals surface area contributed by atoms with Gasteiger partial charge in [-0.2, -0.15) is 0 Å². The molecule has 156 valence electrons. The van der Waals surface area contributed by atoms with E-state index in [4.69, 9.17) is 9.47 Å². The van der Waals surface area contributed by atoms with E-state index in [0.29, 0.717) is 13.2 Å². The maximum atomic E-state index is 12.0. The third kappa shape index (κ3) is 6.12. The van der Waals surface area contributed by atoms with E-state index in [-0.39, 0.29) is 6.42 Å². The monoisotopic (exact) mass is 392 g/mol. The van der Waals surface area contributed by atoms with Crippen molar-refractivity contribution in [3.05, 3.63) is 28.8 Å². The number of nitrogens with one attached hydrogen (secondary N) is 1. The molecule has 1 aromatic carbocycles. The van der Waals surface area contributed by atoms with Crippen LogP contribution >= 0.6 is 0 Å². The number of aryl methyl sites for hydroxylation is 2. The average molecular weight is 392 g/mol. The predicted octanol–water partition coefficient (Wildman–Crippen LogP) is 2.91. The van der Waals surface area contributed by atoms with Crippen molar-refractivity contribution in [1.82, 2.24) is 5.32 Å². The summed E-state index contributed by atoms with van der Waals surface area (Å²) in [5.41, 5.74) is 3.70. The summed E-state index contributed by atoms with van der Waals surface area (Å²) < 4.78 is 10.6. The largest absolute Gasteiger partial charge is 0.480 e. The number of hydrogen-bond donors (Lipinski definition) is 2. The van der Waals surface area contributed by atoms with Crippen molar-refractivity contribution in [1.29, 1.82) is 0 Å². The third-order valence-corrected chi connectivity index (χ3v) is 4.58. The summed E-state index contributed by atoms with van der Waals surface area (Å²) in [4.78, 5) is 26.0. The smallest absolute Gasteiger partial charge is 0.408 e. The number of hydrogen-bond acceptors (Lipinski definition) is 5. The molecular formula is C21H32N2O5. The first-order valence-corrected chi connectivity index (χ1v) is 9.78. The first kappa shape index (κ1) is 22.0. The Hall–Kier alpha value is -2.28. The van der Waals surface area contributed by atoms with Gasteiger partial charge in [0.1, 0.15) is 11.6 Å². The molecular weight excluding hydrogens is 360 g/mol. The van der Waals surface area contributed by atoms with Crippen LogP contribution in [0.15, 0.2) is 12.1 Å². The number of carboxylic acid groups (broad SMARTS) is 1. The molecule has 7 heteroatoms. The van der Waals surface area contributed by atoms with Crippen molar-refractivity contribution >= 4 is 17.7 Å². The molecule has 1 heterocycles. The van der Waals surface area contributed by atoms with Gasteiger partial charge < -0.3 is 24.8 Å². The third-order valence-electron chi connectivity index (χ3n) is 4.58. The summed E-state index contributed by atoms with van der Waals surface area (Å²) in [6.45, 7) is 12.5. The summed E-state index contributed by atoms with van der Waals surface area (Å²) in [7, 11) is 0. The summed E-state index contributed by atoms with van der Waals surface area (Å²) >= 11 is 0. The number of carbonyl (C=O) groups excluding carboxylic acids is 1. The van der Waals surface area contributed by atoms with Crippen LogP contribution < -0.4 is 10.2 Å². The zero-order valence-electron chi connectivity index (χ0n) is 17.5. The molecule has 0 bridgehead atoms. The molecule has 0 spiro atoms. The number of anilines is 1. The standard InChI is InChI=1S/C21H32N2O5/c1-6-16-12-15(11-14(2)18(16)23-7-9-27-10-8-23)13-17(19(24)25)22-20(26)28-21(3,4)5/h11-12,17H,6-10,13H2,1-5H3,(H,22,26)(H,24,25). The molecule has 2 N–H and O–H groups in total. The van der Waals surface area contributed by atoms with Crippen molar-refractivity contribution in [2.24, 2.45) is 0 Å². The van der Waals surface area contributed by atoms with Gasteiger partial charge in [-0.25, -0.2) is 9.59 Å². The molecule has 0 aliphatic carbocycles. The van der Waals surface area contributed by atoms with Gasteiger partial charge in [-0.3, -0.25) is 0 Å². The van der Waals surface area contributed by atoms with Gasteiger partial charge in [-0.05, 0) is 50.8 Å². The van der Waals surface area contributed by atoms with Crippen LogP contribution in [0.1, 0.15) is 44.4 Å². The van der Waals surface area contributed by atoms with E-state index in [0.717, 1.165) is 30.6 Å². The lowest BCUT2D eigenvalue weighted by Gasteiger charge is -2.32. The fraction of sp³-hybridized carbons (Fsp3) is 0.619. The fourth-order valence-corrected chi connectivity index (χ4v) is 3.45. The predicted molar refractivity (Wildman–Crippen MR) is 108 cm³/mol. The SMILES string of the molecule is CCc1cc(CC(NC(=O)OC(C)(C)C)C(=O)O)cc(C)c1N1CCOCC1. The molecule has 1 atom stereocenters. The number of amides is 1. The molecule has 7 nitrogen and oxygen atoms in total. The van der Waals surface area contributed by atoms with Crippen LogP contribution in [-0.2, 0) is 27.1 Å². The summed E-state index contributed by atoms with van der Waals surface area (Å²) in [5, 5.41) is 12.0. The molecule has 1 aromatic rings. The number of ether oxygens (including phenoxy) is 2. The quantitative estimate of drug-likeness (QED) is 0.774. The minimum Gasteiger partial charge on any atom is -0.480 e. The van der Waals surface area contributed by atoms with Crippen molar-refractivity contribution in [3.8, 4) is 0 Å². The van der Waals surface area contributed by atoms with E-state index in [1.165, 1.54) is 11.3 Å². The minimum absolute atomic E-state index is 0.200. The van der Waals surface area contributed by atoms with Crippen LogP contribution in [0.4, 0.5) is 10.5 Å². The Kier molecular flexibility index (Phi) is 7.29. The highest BCUT2D eigenvalue weighted by Crippen LogP contribution is 2.29. The maximum Gasteiger partial charge on any atom is 0.408 e. The van der Waals surface area contributed by atoms with E-state index in [1.807, 2.05) is 19.1 Å². The van der Waals surface area contributed by atoms with Crippen molar-refractivity contribution in [2.45, 2.75) is 59.1 Å². The van der Waals surface area contributed by atoms with Crippen molar-refractivity contribution in [2.75, 3.05) is 31.2 Å². The van der Waals surface area contributed by atoms with Gasteiger partial charge in [0, 0.05) is 25.2 Å². The second-order valence-corrected chi connectivity index (χ2v) is 8.11. The lowest BCUT2D eigenvalue weighted by molar-refractivity contribution is -0.139. The Labute approximate surface area is 167 Å². The highest BCUT2D eigenvalue weighted by molar-refractivity contribution is 5.80. The Bertz CT molecular complexity index is 705. The first-order chi connectivity index (χ1) is 13.1. The number of alkyl carbamates (subject to hydrolysis) is 1. The summed E-state index contributed by atoms with van der Waals surface area (Å²) in [6.07, 6.45) is 0.321. The van der Waals surface area contributed by atoms with E-state index in [1.54, 1.807) is 20.8 Å². The number of carboxylic acids is 1. The number of nitrogens with zero attached hydrogens (tertiary/aromatic N) is 1. The second kappa shape index (κ2) is 9.28. The van der Waals surface area contributed by atoms with Gasteiger partial charge in [0.2, 0.25) is 0 Å². The summed E-state index contributed by atoms with van der Waals surface area (Å²) in [6, 6.07) is 3.01. The molecule has 28 heavy (non-hydrogen) atoms. The first-order valence-electron chi connectivity index (χ1n) is 9.78. The normalized spacial score (nSPS) is 15.8. The Morgan fingerprint density at radius 2 is 1.93 bits per heavy atom. The number of rotatable bonds is 6. The molecule has 1 amide bonds. The highest BCUT2D eigenvalue weighted by atomic mass is 16.6. The Morgan fingerprint density at radius 3 is 2.46 bits per heavy atom. The fourth-order valence-electron chi connectivity index (χ4n) is 3.45. The van der Waals surface area contributed by atoms with Gasteiger partial charge in [-0.1, -0.05) is 19.1 Å². The molecule has 0 saturated carbocycles. The number of carbonyl (C=O) groups is 2. The molecule has 1 unspecified atom stereocenters. The van der Waals surface area contributed by atoms with E-state index in [2.05, 4.69) is 17.1 Å². The number of aliphatic carboxylic acids is 1. The van der Waals surface area contributed by atoms with Crippen molar-refractivity contribution < 1.29 is 24.2 Å². The van der Waals surface area contributed by atoms with Gasteiger partial charge in [0.05, 0.1) is 13.2 Å². The number of benzene rings is 1. The van der Waals surface area contributed by atoms with Gasteiger partial charge in [0.25, 0.3) is 0 Å². The molecule has 0 radical (unpaired) electrons. The maximum absolute atomic E-state index is 12.0. The minimum atomic E-state index is -1.08. The molecule has 1 saturated heterocycles. The van der Waals surface area contributed by atoms with Crippen LogP contribution in [0.5, 0.6) is 0 Å². The number of morpholine rings is 1. The van der Waals surface area contributed by atoms with Crippen molar-refractivity contribution in [3.63, 3.8) is 0 Å². The lowest BCUT2D eigenvalue weighted by atomic mass is 9.96. The Morgan fingerprint density at radius 1 is 1.29 bits per heavy atom. The van der Waals surface area contributed by atoms with Gasteiger partial charge in [-0.15, -0.1) is 0 Å². The van der Waals surface area contributed by atoms with E-state index >= 15 is 0 Å². The zero-order chi connectivity index (χ0) is 20.9. The zero-order valence-corrected chi connectivity index (χ0v) is 17.5. The molecule has 1 fully saturated rings. The van der Waals surface area contributed by atoms with Gasteiger partial charge >= 0.3 is 12.1 Å². The molecule has 2 rings (SSSR count). The van der Waals surface area contributed by atoms with Crippen LogP contribution in [0, 0.1) is 6.92 Å². The highest BCUT2D eigenvalue weighted by Gasteiger charge is 2.25. The van der Waals surface area contributed by atoms with E-state index < -0.39 is 23.7 Å². The molecule has 1 aliphatic heterocycles. The van der Waals surface area contributed by atoms with E-state index in [9.17, 15) is 14.7 Å². The average Bonchev–Trinajstić information content (AvgIpc) is 2.59. The second-order valence-electron chi connectivity index (χ2n) is 8.11. The van der Waals surface area contributed by atoms with Crippen LogP contribution in [0.2, 0.25) is 0 Å². The van der Waals surface area contributed by atoms with Gasteiger partial charge in [0.15, 0.2) is 0 Å². The van der Waals surface area contributed by atoms with Crippen LogP contribution in [0.25, 0.3) is 0 Å². The van der Waals surface area contributed by atoms with Crippen LogP contribution in [0.3, 0.4) is 0 Å².